The molecule has 1 atom stereocenters. The Hall–Kier alpha value is -1.75. The normalized spacial score (nSPS) is 15.5. The number of hydrogen-bond acceptors (Lipinski definition) is 4. The Morgan fingerprint density at radius 3 is 3.00 bits per heavy atom. The second kappa shape index (κ2) is 5.09. The van der Waals surface area contributed by atoms with Gasteiger partial charge in [0.05, 0.1) is 11.7 Å². The lowest BCUT2D eigenvalue weighted by Gasteiger charge is -2.12. The van der Waals surface area contributed by atoms with E-state index in [1.807, 2.05) is 4.68 Å². The molecule has 0 saturated carbocycles. The van der Waals surface area contributed by atoms with Crippen molar-refractivity contribution in [2.45, 2.75) is 39.2 Å². The first kappa shape index (κ1) is 12.3. The van der Waals surface area contributed by atoms with Crippen molar-refractivity contribution in [2.75, 3.05) is 6.54 Å². The Balaban J connectivity index is 1.96. The van der Waals surface area contributed by atoms with Gasteiger partial charge in [-0.1, -0.05) is 13.0 Å². The van der Waals surface area contributed by atoms with E-state index in [9.17, 15) is 0 Å². The third-order valence-corrected chi connectivity index (χ3v) is 3.72. The molecule has 0 spiro atoms. The number of aryl methyl sites for hydroxylation is 2. The summed E-state index contributed by atoms with van der Waals surface area (Å²) in [7, 11) is 0. The molecule has 1 N–H and O–H groups in total. The Kier molecular flexibility index (Phi) is 3.29. The zero-order valence-electron chi connectivity index (χ0n) is 11.4. The van der Waals surface area contributed by atoms with Crippen LogP contribution in [0.1, 0.15) is 43.3 Å². The molecule has 2 aromatic rings. The molecule has 0 saturated heterocycles. The number of fused-ring (bicyclic) bond motifs is 1. The monoisotopic (exact) mass is 257 g/mol. The molecular formula is C14H19N5. The maximum absolute atomic E-state index is 4.14. The Labute approximate surface area is 113 Å². The van der Waals surface area contributed by atoms with Gasteiger partial charge in [-0.3, -0.25) is 0 Å². The van der Waals surface area contributed by atoms with Gasteiger partial charge in [0, 0.05) is 0 Å². The highest BCUT2D eigenvalue weighted by molar-refractivity contribution is 5.42. The van der Waals surface area contributed by atoms with Crippen molar-refractivity contribution >= 4 is 0 Å². The number of tetrazole rings is 1. The van der Waals surface area contributed by atoms with Crippen LogP contribution in [0.25, 0.3) is 5.69 Å². The van der Waals surface area contributed by atoms with E-state index < -0.39 is 0 Å². The lowest BCUT2D eigenvalue weighted by Crippen LogP contribution is -2.21. The van der Waals surface area contributed by atoms with Crippen molar-refractivity contribution in [3.8, 4) is 5.69 Å². The fourth-order valence-corrected chi connectivity index (χ4v) is 2.74. The zero-order chi connectivity index (χ0) is 13.2. The van der Waals surface area contributed by atoms with Crippen molar-refractivity contribution in [1.82, 2.24) is 25.5 Å². The molecule has 1 aliphatic rings. The first-order valence-electron chi connectivity index (χ1n) is 6.93. The van der Waals surface area contributed by atoms with E-state index in [2.05, 4.69) is 52.9 Å². The molecule has 0 radical (unpaired) electrons. The summed E-state index contributed by atoms with van der Waals surface area (Å²) in [5.74, 6) is 0.861. The van der Waals surface area contributed by atoms with Crippen LogP contribution < -0.4 is 5.32 Å². The van der Waals surface area contributed by atoms with Crippen LogP contribution in [-0.2, 0) is 12.8 Å². The molecule has 1 aromatic carbocycles. The van der Waals surface area contributed by atoms with Crippen LogP contribution >= 0.6 is 0 Å². The van der Waals surface area contributed by atoms with Crippen LogP contribution in [-0.4, -0.2) is 26.8 Å². The van der Waals surface area contributed by atoms with Gasteiger partial charge in [-0.05, 0) is 66.4 Å². The predicted molar refractivity (Wildman–Crippen MR) is 73.3 cm³/mol. The molecule has 1 aliphatic carbocycles. The molecule has 1 heterocycles. The van der Waals surface area contributed by atoms with Crippen LogP contribution in [0, 0.1) is 0 Å². The topological polar surface area (TPSA) is 55.6 Å². The Morgan fingerprint density at radius 2 is 2.16 bits per heavy atom. The van der Waals surface area contributed by atoms with Crippen LogP contribution in [0.2, 0.25) is 0 Å². The summed E-state index contributed by atoms with van der Waals surface area (Å²) >= 11 is 0. The minimum absolute atomic E-state index is 0.147. The minimum Gasteiger partial charge on any atom is -0.308 e. The lowest BCUT2D eigenvalue weighted by molar-refractivity contribution is 0.550. The third-order valence-electron chi connectivity index (χ3n) is 3.72. The number of nitrogens with one attached hydrogen (secondary N) is 1. The molecule has 0 aliphatic heterocycles. The van der Waals surface area contributed by atoms with Crippen LogP contribution in [0.5, 0.6) is 0 Å². The highest BCUT2D eigenvalue weighted by atomic mass is 15.5. The summed E-state index contributed by atoms with van der Waals surface area (Å²) < 4.78 is 1.84. The van der Waals surface area contributed by atoms with E-state index in [0.29, 0.717) is 0 Å². The average molecular weight is 257 g/mol. The van der Waals surface area contributed by atoms with Gasteiger partial charge in [0.1, 0.15) is 0 Å². The molecule has 3 rings (SSSR count). The summed E-state index contributed by atoms with van der Waals surface area (Å²) in [6, 6.07) is 6.69. The van der Waals surface area contributed by atoms with E-state index in [1.165, 1.54) is 30.4 Å². The number of aromatic nitrogens is 4. The fraction of sp³-hybridized carbons (Fsp3) is 0.500. The van der Waals surface area contributed by atoms with Gasteiger partial charge in [0.15, 0.2) is 5.82 Å². The molecule has 0 bridgehead atoms. The molecule has 1 aromatic heterocycles. The molecule has 5 heteroatoms. The number of benzene rings is 1. The van der Waals surface area contributed by atoms with Crippen molar-refractivity contribution in [3.05, 3.63) is 35.2 Å². The summed E-state index contributed by atoms with van der Waals surface area (Å²) in [5, 5.41) is 15.4. The largest absolute Gasteiger partial charge is 0.308 e. The molecule has 5 nitrogen and oxygen atoms in total. The predicted octanol–water partition coefficient (Wildman–Crippen LogP) is 1.82. The van der Waals surface area contributed by atoms with Crippen molar-refractivity contribution < 1.29 is 0 Å². The van der Waals surface area contributed by atoms with E-state index in [1.54, 1.807) is 0 Å². The first-order valence-corrected chi connectivity index (χ1v) is 6.93. The minimum atomic E-state index is 0.147. The molecule has 0 amide bonds. The van der Waals surface area contributed by atoms with Gasteiger partial charge in [-0.25, -0.2) is 0 Å². The molecule has 19 heavy (non-hydrogen) atoms. The summed E-state index contributed by atoms with van der Waals surface area (Å²) in [4.78, 5) is 0. The molecule has 100 valence electrons. The zero-order valence-corrected chi connectivity index (χ0v) is 11.4. The second-order valence-electron chi connectivity index (χ2n) is 5.03. The van der Waals surface area contributed by atoms with E-state index in [4.69, 9.17) is 0 Å². The third kappa shape index (κ3) is 2.26. The molecular weight excluding hydrogens is 238 g/mol. The van der Waals surface area contributed by atoms with Crippen molar-refractivity contribution in [1.29, 1.82) is 0 Å². The van der Waals surface area contributed by atoms with Crippen LogP contribution in [0.3, 0.4) is 0 Å². The van der Waals surface area contributed by atoms with E-state index in [-0.39, 0.29) is 6.04 Å². The first-order chi connectivity index (χ1) is 9.29. The van der Waals surface area contributed by atoms with Gasteiger partial charge in [-0.15, -0.1) is 5.10 Å². The number of nitrogens with zero attached hydrogens (tertiary/aromatic N) is 4. The fourth-order valence-electron chi connectivity index (χ4n) is 2.74. The maximum Gasteiger partial charge on any atom is 0.173 e. The van der Waals surface area contributed by atoms with Crippen molar-refractivity contribution in [2.24, 2.45) is 0 Å². The van der Waals surface area contributed by atoms with Crippen LogP contribution in [0.15, 0.2) is 18.2 Å². The van der Waals surface area contributed by atoms with Crippen LogP contribution in [0.4, 0.5) is 0 Å². The number of hydrogen-bond donors (Lipinski definition) is 1. The second-order valence-corrected chi connectivity index (χ2v) is 5.03. The van der Waals surface area contributed by atoms with Gasteiger partial charge in [0.2, 0.25) is 0 Å². The SMILES string of the molecule is CCNC(C)c1nnnn1-c1ccc2c(c1)CCC2. The maximum atomic E-state index is 4.14. The quantitative estimate of drug-likeness (QED) is 0.907. The average Bonchev–Trinajstić information content (AvgIpc) is 3.07. The van der Waals surface area contributed by atoms with Gasteiger partial charge in [-0.2, -0.15) is 4.68 Å². The number of rotatable bonds is 4. The van der Waals surface area contributed by atoms with Gasteiger partial charge < -0.3 is 5.32 Å². The lowest BCUT2D eigenvalue weighted by atomic mass is 10.1. The van der Waals surface area contributed by atoms with Crippen molar-refractivity contribution in [3.63, 3.8) is 0 Å². The summed E-state index contributed by atoms with van der Waals surface area (Å²) in [5.41, 5.74) is 3.97. The Morgan fingerprint density at radius 1 is 1.32 bits per heavy atom. The standard InChI is InChI=1S/C14H19N5/c1-3-15-10(2)14-16-17-18-19(14)13-8-7-11-5-4-6-12(11)9-13/h7-10,15H,3-6H2,1-2H3. The highest BCUT2D eigenvalue weighted by Crippen LogP contribution is 2.25. The Bertz CT molecular complexity index is 575. The van der Waals surface area contributed by atoms with Gasteiger partial charge >= 0.3 is 0 Å². The highest BCUT2D eigenvalue weighted by Gasteiger charge is 2.17. The smallest absolute Gasteiger partial charge is 0.173 e. The van der Waals surface area contributed by atoms with E-state index in [0.717, 1.165) is 18.1 Å². The van der Waals surface area contributed by atoms with Gasteiger partial charge in [0.25, 0.3) is 0 Å². The van der Waals surface area contributed by atoms with E-state index >= 15 is 0 Å². The molecule has 0 fully saturated rings. The summed E-state index contributed by atoms with van der Waals surface area (Å²) in [6.07, 6.45) is 3.63. The molecule has 1 unspecified atom stereocenters. The summed E-state index contributed by atoms with van der Waals surface area (Å²) in [6.45, 7) is 5.07.